The molecule has 1 aromatic heterocycles. The summed E-state index contributed by atoms with van der Waals surface area (Å²) in [4.78, 5) is 41.3. The van der Waals surface area contributed by atoms with Gasteiger partial charge in [0.1, 0.15) is 6.04 Å². The van der Waals surface area contributed by atoms with Crippen LogP contribution in [0.2, 0.25) is 0 Å². The number of benzene rings is 1. The molecule has 2 amide bonds. The zero-order valence-corrected chi connectivity index (χ0v) is 13.1. The first-order valence-electron chi connectivity index (χ1n) is 7.70. The predicted molar refractivity (Wildman–Crippen MR) is 87.2 cm³/mol. The van der Waals surface area contributed by atoms with Crippen LogP contribution in [-0.4, -0.2) is 40.8 Å². The van der Waals surface area contributed by atoms with Gasteiger partial charge in [-0.25, -0.2) is 0 Å². The fourth-order valence-corrected chi connectivity index (χ4v) is 3.12. The van der Waals surface area contributed by atoms with Gasteiger partial charge in [0.2, 0.25) is 5.91 Å². The van der Waals surface area contributed by atoms with Gasteiger partial charge in [0.25, 0.3) is 11.5 Å². The lowest BCUT2D eigenvalue weighted by molar-refractivity contribution is -0.129. The Morgan fingerprint density at radius 1 is 1.22 bits per heavy atom. The van der Waals surface area contributed by atoms with E-state index >= 15 is 0 Å². The van der Waals surface area contributed by atoms with Crippen LogP contribution in [0.15, 0.2) is 35.3 Å². The van der Waals surface area contributed by atoms with Gasteiger partial charge in [-0.2, -0.15) is 0 Å². The highest BCUT2D eigenvalue weighted by Gasteiger charge is 2.36. The number of nitrogens with zero attached hydrogens (tertiary/aromatic N) is 1. The standard InChI is InChI=1S/C17H19N3O3/c1-10(2)14-16(22)18-7-8-20(14)17(23)13-9-19-15(21)12-6-4-3-5-11(12)13/h3-6,9-10,14H,7-8H2,1-2H3,(H,18,22)(H,19,21). The number of pyridine rings is 1. The van der Waals surface area contributed by atoms with Gasteiger partial charge in [-0.1, -0.05) is 32.0 Å². The van der Waals surface area contributed by atoms with Gasteiger partial charge >= 0.3 is 0 Å². The normalized spacial score (nSPS) is 18.3. The minimum atomic E-state index is -0.498. The first-order valence-corrected chi connectivity index (χ1v) is 7.70. The molecule has 2 heterocycles. The number of fused-ring (bicyclic) bond motifs is 1. The number of amides is 2. The van der Waals surface area contributed by atoms with Gasteiger partial charge in [0, 0.05) is 30.1 Å². The second-order valence-electron chi connectivity index (χ2n) is 6.06. The third kappa shape index (κ3) is 2.60. The summed E-state index contributed by atoms with van der Waals surface area (Å²) in [6.07, 6.45) is 1.44. The van der Waals surface area contributed by atoms with Crippen LogP contribution < -0.4 is 10.9 Å². The minimum Gasteiger partial charge on any atom is -0.353 e. The van der Waals surface area contributed by atoms with Crippen LogP contribution in [0.3, 0.4) is 0 Å². The molecular formula is C17H19N3O3. The third-order valence-corrected chi connectivity index (χ3v) is 4.19. The van der Waals surface area contributed by atoms with Gasteiger partial charge in [0.05, 0.1) is 5.56 Å². The van der Waals surface area contributed by atoms with Crippen LogP contribution in [0.1, 0.15) is 24.2 Å². The van der Waals surface area contributed by atoms with Gasteiger partial charge in [0.15, 0.2) is 0 Å². The Kier molecular flexibility index (Phi) is 3.90. The molecule has 1 fully saturated rings. The molecule has 0 spiro atoms. The molecule has 0 aliphatic carbocycles. The number of carbonyl (C=O) groups excluding carboxylic acids is 2. The number of hydrogen-bond acceptors (Lipinski definition) is 3. The maximum absolute atomic E-state index is 13.0. The van der Waals surface area contributed by atoms with Gasteiger partial charge in [-0.05, 0) is 12.0 Å². The van der Waals surface area contributed by atoms with E-state index in [9.17, 15) is 14.4 Å². The number of rotatable bonds is 2. The fourth-order valence-electron chi connectivity index (χ4n) is 3.12. The average molecular weight is 313 g/mol. The molecule has 120 valence electrons. The second kappa shape index (κ2) is 5.87. The molecule has 3 rings (SSSR count). The Bertz CT molecular complexity index is 825. The van der Waals surface area contributed by atoms with Crippen LogP contribution in [0, 0.1) is 5.92 Å². The van der Waals surface area contributed by atoms with Crippen LogP contribution >= 0.6 is 0 Å². The van der Waals surface area contributed by atoms with Crippen molar-refractivity contribution in [3.8, 4) is 0 Å². The van der Waals surface area contributed by atoms with E-state index in [-0.39, 0.29) is 23.3 Å². The van der Waals surface area contributed by atoms with E-state index < -0.39 is 6.04 Å². The summed E-state index contributed by atoms with van der Waals surface area (Å²) < 4.78 is 0. The van der Waals surface area contributed by atoms with Crippen molar-refractivity contribution in [1.29, 1.82) is 0 Å². The summed E-state index contributed by atoms with van der Waals surface area (Å²) in [7, 11) is 0. The van der Waals surface area contributed by atoms with E-state index in [0.717, 1.165) is 0 Å². The lowest BCUT2D eigenvalue weighted by Gasteiger charge is -2.37. The highest BCUT2D eigenvalue weighted by Crippen LogP contribution is 2.21. The zero-order valence-electron chi connectivity index (χ0n) is 13.1. The summed E-state index contributed by atoms with van der Waals surface area (Å²) in [5.41, 5.74) is 0.189. The number of hydrogen-bond donors (Lipinski definition) is 2. The summed E-state index contributed by atoms with van der Waals surface area (Å²) in [5, 5.41) is 3.88. The molecule has 1 aliphatic heterocycles. The van der Waals surface area contributed by atoms with Crippen LogP contribution in [0.5, 0.6) is 0 Å². The van der Waals surface area contributed by atoms with E-state index in [1.807, 2.05) is 13.8 Å². The van der Waals surface area contributed by atoms with Crippen molar-refractivity contribution in [3.05, 3.63) is 46.4 Å². The Balaban J connectivity index is 2.08. The monoisotopic (exact) mass is 313 g/mol. The van der Waals surface area contributed by atoms with Crippen LogP contribution in [0.4, 0.5) is 0 Å². The van der Waals surface area contributed by atoms with Crippen molar-refractivity contribution in [2.75, 3.05) is 13.1 Å². The Labute approximate surface area is 133 Å². The molecule has 1 unspecified atom stereocenters. The summed E-state index contributed by atoms with van der Waals surface area (Å²) in [6, 6.07) is 6.50. The number of nitrogens with one attached hydrogen (secondary N) is 2. The highest BCUT2D eigenvalue weighted by molar-refractivity contribution is 6.07. The topological polar surface area (TPSA) is 82.3 Å². The molecule has 0 bridgehead atoms. The van der Waals surface area contributed by atoms with E-state index in [1.165, 1.54) is 6.20 Å². The number of aromatic nitrogens is 1. The predicted octanol–water partition coefficient (Wildman–Crippen LogP) is 1.12. The Hall–Kier alpha value is -2.63. The third-order valence-electron chi connectivity index (χ3n) is 4.19. The van der Waals surface area contributed by atoms with E-state index in [2.05, 4.69) is 10.3 Å². The number of aromatic amines is 1. The van der Waals surface area contributed by atoms with Crippen molar-refractivity contribution in [1.82, 2.24) is 15.2 Å². The molecule has 23 heavy (non-hydrogen) atoms. The minimum absolute atomic E-state index is 0.00766. The lowest BCUT2D eigenvalue weighted by Crippen LogP contribution is -2.59. The van der Waals surface area contributed by atoms with E-state index in [1.54, 1.807) is 29.2 Å². The molecule has 6 nitrogen and oxygen atoms in total. The molecule has 0 radical (unpaired) electrons. The quantitative estimate of drug-likeness (QED) is 0.872. The summed E-state index contributed by atoms with van der Waals surface area (Å²) in [6.45, 7) is 4.73. The average Bonchev–Trinajstić information content (AvgIpc) is 2.54. The molecule has 0 saturated carbocycles. The first kappa shape index (κ1) is 15.3. The molecule has 1 aromatic carbocycles. The smallest absolute Gasteiger partial charge is 0.256 e. The molecule has 2 N–H and O–H groups in total. The Morgan fingerprint density at radius 2 is 1.91 bits per heavy atom. The van der Waals surface area contributed by atoms with Gasteiger partial charge in [-0.3, -0.25) is 14.4 Å². The largest absolute Gasteiger partial charge is 0.353 e. The van der Waals surface area contributed by atoms with Crippen molar-refractivity contribution in [2.45, 2.75) is 19.9 Å². The lowest BCUT2D eigenvalue weighted by atomic mass is 9.98. The second-order valence-corrected chi connectivity index (χ2v) is 6.06. The van der Waals surface area contributed by atoms with E-state index in [0.29, 0.717) is 29.4 Å². The van der Waals surface area contributed by atoms with Crippen LogP contribution in [-0.2, 0) is 4.79 Å². The van der Waals surface area contributed by atoms with Gasteiger partial charge in [-0.15, -0.1) is 0 Å². The SMILES string of the molecule is CC(C)C1C(=O)NCCN1C(=O)c1c[nH]c(=O)c2ccccc12. The first-order chi connectivity index (χ1) is 11.0. The number of H-pyrrole nitrogens is 1. The van der Waals surface area contributed by atoms with Crippen molar-refractivity contribution >= 4 is 22.6 Å². The molecule has 1 saturated heterocycles. The fraction of sp³-hybridized carbons (Fsp3) is 0.353. The molecule has 6 heteroatoms. The van der Waals surface area contributed by atoms with Crippen molar-refractivity contribution in [3.63, 3.8) is 0 Å². The molecule has 1 aliphatic rings. The summed E-state index contributed by atoms with van der Waals surface area (Å²) >= 11 is 0. The molecule has 1 atom stereocenters. The number of carbonyl (C=O) groups is 2. The van der Waals surface area contributed by atoms with Crippen LogP contribution in [0.25, 0.3) is 10.8 Å². The maximum atomic E-state index is 13.0. The van der Waals surface area contributed by atoms with Crippen molar-refractivity contribution in [2.24, 2.45) is 5.92 Å². The van der Waals surface area contributed by atoms with Gasteiger partial charge < -0.3 is 15.2 Å². The number of piperazine rings is 1. The highest BCUT2D eigenvalue weighted by atomic mass is 16.2. The zero-order chi connectivity index (χ0) is 16.6. The van der Waals surface area contributed by atoms with Crippen molar-refractivity contribution < 1.29 is 9.59 Å². The maximum Gasteiger partial charge on any atom is 0.256 e. The van der Waals surface area contributed by atoms with E-state index in [4.69, 9.17) is 0 Å². The Morgan fingerprint density at radius 3 is 2.61 bits per heavy atom. The molecule has 2 aromatic rings. The summed E-state index contributed by atoms with van der Waals surface area (Å²) in [5.74, 6) is -0.354. The molecular weight excluding hydrogens is 294 g/mol.